The second-order valence-corrected chi connectivity index (χ2v) is 7.75. The predicted molar refractivity (Wildman–Crippen MR) is 115 cm³/mol. The number of H-pyrrole nitrogens is 2. The minimum atomic E-state index is -0.499. The summed E-state index contributed by atoms with van der Waals surface area (Å²) in [7, 11) is 0. The number of nitrogens with zero attached hydrogens (tertiary/aromatic N) is 3. The fourth-order valence-corrected chi connectivity index (χ4v) is 3.58. The van der Waals surface area contributed by atoms with Gasteiger partial charge in [0.25, 0.3) is 0 Å². The maximum Gasteiger partial charge on any atom is 0.159 e. The molecule has 140 valence electrons. The molecule has 2 aromatic heterocycles. The molecule has 3 aromatic carbocycles. The van der Waals surface area contributed by atoms with Crippen molar-refractivity contribution in [2.45, 2.75) is 19.3 Å². The van der Waals surface area contributed by atoms with Gasteiger partial charge in [0.15, 0.2) is 5.82 Å². The van der Waals surface area contributed by atoms with Crippen LogP contribution < -0.4 is 0 Å². The van der Waals surface area contributed by atoms with Crippen molar-refractivity contribution in [3.05, 3.63) is 72.3 Å². The van der Waals surface area contributed by atoms with Crippen LogP contribution in [0.25, 0.3) is 44.6 Å². The van der Waals surface area contributed by atoms with Crippen LogP contribution in [0.1, 0.15) is 19.4 Å². The molecule has 5 heteroatoms. The summed E-state index contributed by atoms with van der Waals surface area (Å²) in [6, 6.07) is 24.7. The maximum absolute atomic E-state index is 9.35. The number of fused-ring (bicyclic) bond motifs is 2. The number of para-hydroxylation sites is 2. The van der Waals surface area contributed by atoms with Crippen LogP contribution in [-0.2, 0) is 5.41 Å². The first-order chi connectivity index (χ1) is 14.0. The first-order valence-corrected chi connectivity index (χ1v) is 9.50. The molecule has 0 atom stereocenters. The number of hydrogen-bond donors (Lipinski definition) is 2. The molecule has 5 aromatic rings. The number of imidazole rings is 1. The smallest absolute Gasteiger partial charge is 0.159 e. The summed E-state index contributed by atoms with van der Waals surface area (Å²) in [6.45, 7) is 3.86. The average molecular weight is 377 g/mol. The van der Waals surface area contributed by atoms with E-state index in [0.29, 0.717) is 0 Å². The van der Waals surface area contributed by atoms with E-state index in [1.807, 2.05) is 56.3 Å². The molecule has 0 unspecified atom stereocenters. The largest absolute Gasteiger partial charge is 0.337 e. The number of nitriles is 1. The summed E-state index contributed by atoms with van der Waals surface area (Å²) < 4.78 is 0. The molecule has 0 saturated carbocycles. The molecular weight excluding hydrogens is 358 g/mol. The van der Waals surface area contributed by atoms with Crippen LogP contribution in [0.2, 0.25) is 0 Å². The van der Waals surface area contributed by atoms with Gasteiger partial charge in [0, 0.05) is 5.39 Å². The molecule has 2 N–H and O–H groups in total. The summed E-state index contributed by atoms with van der Waals surface area (Å²) in [5.74, 6) is 0.751. The lowest BCUT2D eigenvalue weighted by Crippen LogP contribution is -2.13. The van der Waals surface area contributed by atoms with Crippen LogP contribution in [0, 0.1) is 11.3 Å². The van der Waals surface area contributed by atoms with Gasteiger partial charge in [0.05, 0.1) is 28.0 Å². The number of benzene rings is 3. The number of rotatable bonds is 3. The van der Waals surface area contributed by atoms with E-state index in [1.165, 1.54) is 0 Å². The fraction of sp³-hybridized carbons (Fsp3) is 0.125. The van der Waals surface area contributed by atoms with Gasteiger partial charge in [-0.3, -0.25) is 5.10 Å². The quantitative estimate of drug-likeness (QED) is 0.431. The van der Waals surface area contributed by atoms with Crippen molar-refractivity contribution in [2.24, 2.45) is 0 Å². The average Bonchev–Trinajstić information content (AvgIpc) is 3.37. The van der Waals surface area contributed by atoms with Crippen LogP contribution >= 0.6 is 0 Å². The Kier molecular flexibility index (Phi) is 3.75. The molecule has 29 heavy (non-hydrogen) atoms. The number of aromatic nitrogens is 4. The van der Waals surface area contributed by atoms with Gasteiger partial charge in [-0.1, -0.05) is 42.5 Å². The Morgan fingerprint density at radius 3 is 2.41 bits per heavy atom. The van der Waals surface area contributed by atoms with E-state index in [2.05, 4.69) is 50.5 Å². The lowest BCUT2D eigenvalue weighted by atomic mass is 9.85. The molecule has 0 fully saturated rings. The molecule has 0 radical (unpaired) electrons. The first kappa shape index (κ1) is 17.2. The van der Waals surface area contributed by atoms with Gasteiger partial charge in [-0.05, 0) is 54.8 Å². The Labute approximate surface area is 168 Å². The second-order valence-electron chi connectivity index (χ2n) is 7.75. The van der Waals surface area contributed by atoms with Gasteiger partial charge in [0.1, 0.15) is 5.69 Å². The summed E-state index contributed by atoms with van der Waals surface area (Å²) >= 11 is 0. The van der Waals surface area contributed by atoms with E-state index in [1.54, 1.807) is 0 Å². The third kappa shape index (κ3) is 2.86. The zero-order valence-corrected chi connectivity index (χ0v) is 16.2. The van der Waals surface area contributed by atoms with Crippen molar-refractivity contribution in [1.29, 1.82) is 5.26 Å². The molecule has 0 aliphatic carbocycles. The van der Waals surface area contributed by atoms with Crippen LogP contribution in [0.15, 0.2) is 66.7 Å². The van der Waals surface area contributed by atoms with Crippen LogP contribution in [0.3, 0.4) is 0 Å². The standard InChI is InChI=1S/C24H19N5/c1-24(2,14-25)17-10-7-15(8-11-17)16-9-12-19-18(13-16)22(29-28-19)23-26-20-5-3-4-6-21(20)27-23/h3-13H,1-2H3,(H,26,27)(H,28,29). The topological polar surface area (TPSA) is 81.2 Å². The van der Waals surface area contributed by atoms with Crippen LogP contribution in [0.4, 0.5) is 0 Å². The SMILES string of the molecule is CC(C)(C#N)c1ccc(-c2ccc3[nH]nc(-c4nc5ccccc5[nH]4)c3c2)cc1. The zero-order chi connectivity index (χ0) is 20.0. The molecule has 0 aliphatic rings. The van der Waals surface area contributed by atoms with E-state index in [-0.39, 0.29) is 0 Å². The molecule has 2 heterocycles. The number of aromatic amines is 2. The minimum Gasteiger partial charge on any atom is -0.337 e. The van der Waals surface area contributed by atoms with E-state index in [9.17, 15) is 5.26 Å². The predicted octanol–water partition coefficient (Wildman–Crippen LogP) is 5.57. The Bertz CT molecular complexity index is 1350. The third-order valence-electron chi connectivity index (χ3n) is 5.40. The summed E-state index contributed by atoms with van der Waals surface area (Å²) in [5, 5.41) is 18.0. The molecule has 5 rings (SSSR count). The molecule has 0 amide bonds. The van der Waals surface area contributed by atoms with E-state index in [4.69, 9.17) is 0 Å². The van der Waals surface area contributed by atoms with Crippen molar-refractivity contribution in [2.75, 3.05) is 0 Å². The fourth-order valence-electron chi connectivity index (χ4n) is 3.58. The monoisotopic (exact) mass is 377 g/mol. The Hall–Kier alpha value is -3.91. The van der Waals surface area contributed by atoms with E-state index < -0.39 is 5.41 Å². The summed E-state index contributed by atoms with van der Waals surface area (Å²) in [4.78, 5) is 8.04. The van der Waals surface area contributed by atoms with E-state index in [0.717, 1.165) is 50.1 Å². The highest BCUT2D eigenvalue weighted by Crippen LogP contribution is 2.31. The van der Waals surface area contributed by atoms with Crippen molar-refractivity contribution in [3.8, 4) is 28.7 Å². The first-order valence-electron chi connectivity index (χ1n) is 9.50. The van der Waals surface area contributed by atoms with Gasteiger partial charge in [-0.25, -0.2) is 4.98 Å². The van der Waals surface area contributed by atoms with Gasteiger partial charge in [-0.15, -0.1) is 0 Å². The highest BCUT2D eigenvalue weighted by Gasteiger charge is 2.19. The molecule has 0 aliphatic heterocycles. The molecule has 0 spiro atoms. The highest BCUT2D eigenvalue weighted by atomic mass is 15.1. The highest BCUT2D eigenvalue weighted by molar-refractivity contribution is 5.95. The molecule has 0 bridgehead atoms. The van der Waals surface area contributed by atoms with Crippen LogP contribution in [0.5, 0.6) is 0 Å². The van der Waals surface area contributed by atoms with Crippen molar-refractivity contribution in [3.63, 3.8) is 0 Å². The van der Waals surface area contributed by atoms with Crippen LogP contribution in [-0.4, -0.2) is 20.2 Å². The summed E-state index contributed by atoms with van der Waals surface area (Å²) in [6.07, 6.45) is 0. The third-order valence-corrected chi connectivity index (χ3v) is 5.40. The lowest BCUT2D eigenvalue weighted by molar-refractivity contribution is 0.687. The van der Waals surface area contributed by atoms with Crippen molar-refractivity contribution >= 4 is 21.9 Å². The maximum atomic E-state index is 9.35. The van der Waals surface area contributed by atoms with Gasteiger partial charge < -0.3 is 4.98 Å². The minimum absolute atomic E-state index is 0.499. The van der Waals surface area contributed by atoms with E-state index >= 15 is 0 Å². The number of hydrogen-bond acceptors (Lipinski definition) is 3. The second kappa shape index (κ2) is 6.32. The summed E-state index contributed by atoms with van der Waals surface area (Å²) in [5.41, 5.74) is 6.39. The van der Waals surface area contributed by atoms with Crippen molar-refractivity contribution in [1.82, 2.24) is 20.2 Å². The molecular formula is C24H19N5. The zero-order valence-electron chi connectivity index (χ0n) is 16.2. The molecule has 5 nitrogen and oxygen atoms in total. The Morgan fingerprint density at radius 2 is 1.66 bits per heavy atom. The Balaban J connectivity index is 1.59. The lowest BCUT2D eigenvalue weighted by Gasteiger charge is -2.16. The van der Waals surface area contributed by atoms with Crippen molar-refractivity contribution < 1.29 is 0 Å². The van der Waals surface area contributed by atoms with Gasteiger partial charge >= 0.3 is 0 Å². The normalized spacial score (nSPS) is 11.8. The van der Waals surface area contributed by atoms with Gasteiger partial charge in [-0.2, -0.15) is 10.4 Å². The Morgan fingerprint density at radius 1 is 0.897 bits per heavy atom. The number of nitrogens with one attached hydrogen (secondary N) is 2. The van der Waals surface area contributed by atoms with Gasteiger partial charge in [0.2, 0.25) is 0 Å². The molecule has 0 saturated heterocycles.